The van der Waals surface area contributed by atoms with Gasteiger partial charge in [-0.25, -0.2) is 22.3 Å². The molecule has 6 nitrogen and oxygen atoms in total. The summed E-state index contributed by atoms with van der Waals surface area (Å²) in [5, 5.41) is 7.09. The third-order valence-corrected chi connectivity index (χ3v) is 4.23. The number of nitrogens with one attached hydrogen (secondary N) is 1. The van der Waals surface area contributed by atoms with E-state index in [1.54, 1.807) is 0 Å². The summed E-state index contributed by atoms with van der Waals surface area (Å²) in [6, 6.07) is 4.99. The van der Waals surface area contributed by atoms with Crippen molar-refractivity contribution in [1.29, 1.82) is 0 Å². The summed E-state index contributed by atoms with van der Waals surface area (Å²) >= 11 is 5.71. The number of ether oxygens (including phenoxy) is 1. The lowest BCUT2D eigenvalue weighted by atomic mass is 10.2. The number of hydrogen-bond acceptors (Lipinski definition) is 4. The molecule has 24 heavy (non-hydrogen) atoms. The Kier molecular flexibility index (Phi) is 5.07. The van der Waals surface area contributed by atoms with E-state index in [0.717, 1.165) is 6.07 Å². The highest BCUT2D eigenvalue weighted by molar-refractivity contribution is 7.89. The van der Waals surface area contributed by atoms with Gasteiger partial charge in [0.05, 0.1) is 17.7 Å². The average molecular weight is 377 g/mol. The number of hydrogen-bond donors (Lipinski definition) is 2. The molecular weight excluding hydrogens is 366 g/mol. The van der Waals surface area contributed by atoms with E-state index >= 15 is 0 Å². The van der Waals surface area contributed by atoms with Crippen LogP contribution in [0.15, 0.2) is 35.2 Å². The van der Waals surface area contributed by atoms with Crippen molar-refractivity contribution in [1.82, 2.24) is 0 Å². The van der Waals surface area contributed by atoms with Crippen LogP contribution in [0.5, 0.6) is 5.75 Å². The summed E-state index contributed by atoms with van der Waals surface area (Å²) in [6.07, 6.45) is 0. The second kappa shape index (κ2) is 6.71. The number of sulfonamides is 1. The van der Waals surface area contributed by atoms with Crippen LogP contribution in [0, 0.1) is 11.6 Å². The van der Waals surface area contributed by atoms with Crippen molar-refractivity contribution in [3.05, 3.63) is 52.6 Å². The Morgan fingerprint density at radius 3 is 2.42 bits per heavy atom. The Bertz CT molecular complexity index is 919. The fraction of sp³-hybridized carbons (Fsp3) is 0.0714. The maximum Gasteiger partial charge on any atom is 0.257 e. The van der Waals surface area contributed by atoms with Crippen LogP contribution in [0.25, 0.3) is 0 Å². The number of benzene rings is 2. The largest absolute Gasteiger partial charge is 0.495 e. The molecule has 0 atom stereocenters. The van der Waals surface area contributed by atoms with E-state index in [4.69, 9.17) is 21.5 Å². The van der Waals surface area contributed by atoms with Crippen molar-refractivity contribution in [3.8, 4) is 5.75 Å². The molecule has 0 aliphatic carbocycles. The minimum atomic E-state index is -4.10. The number of primary sulfonamides is 1. The van der Waals surface area contributed by atoms with Gasteiger partial charge in [-0.3, -0.25) is 4.79 Å². The Morgan fingerprint density at radius 1 is 1.21 bits per heavy atom. The van der Waals surface area contributed by atoms with Crippen LogP contribution in [0.2, 0.25) is 5.02 Å². The van der Waals surface area contributed by atoms with E-state index in [0.29, 0.717) is 12.1 Å². The van der Waals surface area contributed by atoms with Gasteiger partial charge in [-0.2, -0.15) is 0 Å². The van der Waals surface area contributed by atoms with Crippen molar-refractivity contribution >= 4 is 33.2 Å². The molecule has 0 radical (unpaired) electrons. The van der Waals surface area contributed by atoms with Gasteiger partial charge < -0.3 is 10.1 Å². The molecule has 2 aromatic carbocycles. The summed E-state index contributed by atoms with van der Waals surface area (Å²) in [5.41, 5.74) is -0.269. The number of nitrogens with two attached hydrogens (primary N) is 1. The molecule has 3 N–H and O–H groups in total. The molecule has 0 aliphatic heterocycles. The first kappa shape index (κ1) is 18.1. The first-order valence-corrected chi connectivity index (χ1v) is 8.22. The second-order valence-electron chi connectivity index (χ2n) is 4.61. The summed E-state index contributed by atoms with van der Waals surface area (Å²) in [5.74, 6) is -3.31. The minimum absolute atomic E-state index is 0.0126. The van der Waals surface area contributed by atoms with Gasteiger partial charge in [0.1, 0.15) is 10.6 Å². The molecule has 0 aromatic heterocycles. The fourth-order valence-corrected chi connectivity index (χ4v) is 2.83. The van der Waals surface area contributed by atoms with E-state index in [-0.39, 0.29) is 26.9 Å². The van der Waals surface area contributed by atoms with Crippen molar-refractivity contribution < 1.29 is 26.7 Å². The van der Waals surface area contributed by atoms with Crippen LogP contribution < -0.4 is 15.2 Å². The quantitative estimate of drug-likeness (QED) is 0.801. The molecule has 0 unspecified atom stereocenters. The molecular formula is C14H11ClF2N2O4S. The van der Waals surface area contributed by atoms with Crippen LogP contribution in [0.1, 0.15) is 10.4 Å². The third kappa shape index (κ3) is 3.81. The lowest BCUT2D eigenvalue weighted by Crippen LogP contribution is -2.16. The van der Waals surface area contributed by atoms with E-state index in [1.807, 2.05) is 0 Å². The van der Waals surface area contributed by atoms with E-state index in [2.05, 4.69) is 5.32 Å². The van der Waals surface area contributed by atoms with Gasteiger partial charge in [-0.15, -0.1) is 0 Å². The molecule has 2 aromatic rings. The number of amides is 1. The predicted molar refractivity (Wildman–Crippen MR) is 83.7 cm³/mol. The Morgan fingerprint density at radius 2 is 1.83 bits per heavy atom. The summed E-state index contributed by atoms with van der Waals surface area (Å²) in [7, 11) is -2.85. The number of halogens is 3. The molecule has 2 rings (SSSR count). The SMILES string of the molecule is COc1ccc(NC(=O)c2cc(F)c(F)cc2Cl)cc1S(N)(=O)=O. The molecule has 0 bridgehead atoms. The Labute approximate surface area is 141 Å². The van der Waals surface area contributed by atoms with Gasteiger partial charge in [-0.1, -0.05) is 11.6 Å². The highest BCUT2D eigenvalue weighted by Crippen LogP contribution is 2.27. The number of methoxy groups -OCH3 is 1. The minimum Gasteiger partial charge on any atom is -0.495 e. The van der Waals surface area contributed by atoms with Crippen LogP contribution in [0.4, 0.5) is 14.5 Å². The Hall–Kier alpha value is -2.23. The zero-order valence-corrected chi connectivity index (χ0v) is 13.7. The van der Waals surface area contributed by atoms with Crippen molar-refractivity contribution in [2.24, 2.45) is 5.14 Å². The topological polar surface area (TPSA) is 98.5 Å². The molecule has 0 spiro atoms. The zero-order valence-electron chi connectivity index (χ0n) is 12.1. The predicted octanol–water partition coefficient (Wildman–Crippen LogP) is 2.53. The van der Waals surface area contributed by atoms with Crippen molar-refractivity contribution in [2.75, 3.05) is 12.4 Å². The van der Waals surface area contributed by atoms with Crippen LogP contribution >= 0.6 is 11.6 Å². The molecule has 1 amide bonds. The highest BCUT2D eigenvalue weighted by atomic mass is 35.5. The molecule has 0 saturated carbocycles. The first-order valence-electron chi connectivity index (χ1n) is 6.30. The average Bonchev–Trinajstić information content (AvgIpc) is 2.49. The second-order valence-corrected chi connectivity index (χ2v) is 6.55. The normalized spacial score (nSPS) is 11.2. The number of carbonyl (C=O) groups is 1. The van der Waals surface area contributed by atoms with Gasteiger partial charge in [-0.05, 0) is 30.3 Å². The zero-order chi connectivity index (χ0) is 18.1. The maximum absolute atomic E-state index is 13.3. The monoisotopic (exact) mass is 376 g/mol. The van der Waals surface area contributed by atoms with Gasteiger partial charge in [0.15, 0.2) is 11.6 Å². The van der Waals surface area contributed by atoms with Gasteiger partial charge in [0.2, 0.25) is 10.0 Å². The molecule has 0 saturated heterocycles. The molecule has 0 aliphatic rings. The summed E-state index contributed by atoms with van der Waals surface area (Å²) in [6.45, 7) is 0. The maximum atomic E-state index is 13.3. The number of rotatable bonds is 4. The van der Waals surface area contributed by atoms with Crippen LogP contribution in [-0.2, 0) is 10.0 Å². The lowest BCUT2D eigenvalue weighted by molar-refractivity contribution is 0.102. The number of carbonyl (C=O) groups excluding carboxylic acids is 1. The van der Waals surface area contributed by atoms with Crippen molar-refractivity contribution in [3.63, 3.8) is 0 Å². The standard InChI is InChI=1S/C14H11ClF2N2O4S/c1-23-12-3-2-7(4-13(12)24(18,21)22)19-14(20)8-5-10(16)11(17)6-9(8)15/h2-6H,1H3,(H,19,20)(H2,18,21,22). The summed E-state index contributed by atoms with van der Waals surface area (Å²) in [4.78, 5) is 11.8. The van der Waals surface area contributed by atoms with Crippen molar-refractivity contribution in [2.45, 2.75) is 4.90 Å². The first-order chi connectivity index (χ1) is 11.1. The molecule has 0 heterocycles. The van der Waals surface area contributed by atoms with E-state index in [9.17, 15) is 22.0 Å². The highest BCUT2D eigenvalue weighted by Gasteiger charge is 2.18. The van der Waals surface area contributed by atoms with Crippen LogP contribution in [-0.4, -0.2) is 21.4 Å². The Balaban J connectivity index is 2.38. The van der Waals surface area contributed by atoms with Crippen LogP contribution in [0.3, 0.4) is 0 Å². The lowest BCUT2D eigenvalue weighted by Gasteiger charge is -2.11. The molecule has 10 heteroatoms. The third-order valence-electron chi connectivity index (χ3n) is 2.98. The fourth-order valence-electron chi connectivity index (χ4n) is 1.87. The number of anilines is 1. The van der Waals surface area contributed by atoms with E-state index < -0.39 is 27.6 Å². The van der Waals surface area contributed by atoms with Gasteiger partial charge >= 0.3 is 0 Å². The molecule has 0 fully saturated rings. The van der Waals surface area contributed by atoms with Gasteiger partial charge in [0.25, 0.3) is 5.91 Å². The molecule has 128 valence electrons. The van der Waals surface area contributed by atoms with E-state index in [1.165, 1.54) is 19.2 Å². The smallest absolute Gasteiger partial charge is 0.257 e. The summed E-state index contributed by atoms with van der Waals surface area (Å²) < 4.78 is 54.2. The van der Waals surface area contributed by atoms with Gasteiger partial charge in [0, 0.05) is 5.69 Å².